The lowest BCUT2D eigenvalue weighted by molar-refractivity contribution is 0.195. The maximum absolute atomic E-state index is 11.6. The minimum atomic E-state index is -1.03. The van der Waals surface area contributed by atoms with E-state index in [0.717, 1.165) is 23.9 Å². The van der Waals surface area contributed by atoms with Crippen molar-refractivity contribution in [3.63, 3.8) is 0 Å². The van der Waals surface area contributed by atoms with Crippen LogP contribution in [0.4, 0.5) is 10.5 Å². The van der Waals surface area contributed by atoms with Crippen molar-refractivity contribution in [1.82, 2.24) is 5.16 Å². The first-order valence-corrected chi connectivity index (χ1v) is 7.29. The molecule has 1 aromatic heterocycles. The SMILES string of the molecule is CC(C)(C)N(C(=O)O)c1cc(Cl)c2c(C3CC3)noc2c1. The van der Waals surface area contributed by atoms with Crippen LogP contribution in [0.15, 0.2) is 16.7 Å². The van der Waals surface area contributed by atoms with Crippen LogP contribution in [0.2, 0.25) is 5.02 Å². The van der Waals surface area contributed by atoms with Gasteiger partial charge in [0.05, 0.1) is 21.8 Å². The van der Waals surface area contributed by atoms with E-state index >= 15 is 0 Å². The fourth-order valence-corrected chi connectivity index (χ4v) is 2.88. The molecule has 0 saturated heterocycles. The summed E-state index contributed by atoms with van der Waals surface area (Å²) in [6.45, 7) is 5.49. The molecule has 1 aliphatic carbocycles. The minimum Gasteiger partial charge on any atom is -0.465 e. The van der Waals surface area contributed by atoms with Gasteiger partial charge in [-0.15, -0.1) is 0 Å². The van der Waals surface area contributed by atoms with Gasteiger partial charge in [0.25, 0.3) is 0 Å². The Morgan fingerprint density at radius 1 is 1.43 bits per heavy atom. The van der Waals surface area contributed by atoms with E-state index < -0.39 is 11.6 Å². The monoisotopic (exact) mass is 308 g/mol. The summed E-state index contributed by atoms with van der Waals surface area (Å²) in [5.74, 6) is 0.424. The molecule has 0 atom stereocenters. The molecule has 3 rings (SSSR count). The largest absolute Gasteiger partial charge is 0.465 e. The van der Waals surface area contributed by atoms with Crippen LogP contribution < -0.4 is 4.90 Å². The highest BCUT2D eigenvalue weighted by Crippen LogP contribution is 2.45. The average molecular weight is 309 g/mol. The second-order valence-corrected chi connectivity index (χ2v) is 6.84. The van der Waals surface area contributed by atoms with Gasteiger partial charge < -0.3 is 9.63 Å². The van der Waals surface area contributed by atoms with Crippen LogP contribution >= 0.6 is 11.6 Å². The van der Waals surface area contributed by atoms with Gasteiger partial charge in [-0.2, -0.15) is 0 Å². The highest BCUT2D eigenvalue weighted by atomic mass is 35.5. The Balaban J connectivity index is 2.14. The molecular formula is C15H17ClN2O3. The van der Waals surface area contributed by atoms with E-state index in [1.54, 1.807) is 12.1 Å². The van der Waals surface area contributed by atoms with Crippen molar-refractivity contribution in [1.29, 1.82) is 0 Å². The van der Waals surface area contributed by atoms with Crippen molar-refractivity contribution in [3.05, 3.63) is 22.8 Å². The van der Waals surface area contributed by atoms with Gasteiger partial charge in [-0.1, -0.05) is 16.8 Å². The van der Waals surface area contributed by atoms with Crippen LogP contribution in [0, 0.1) is 0 Å². The van der Waals surface area contributed by atoms with Crippen molar-refractivity contribution in [2.24, 2.45) is 0 Å². The molecule has 1 fully saturated rings. The zero-order chi connectivity index (χ0) is 15.4. The van der Waals surface area contributed by atoms with Crippen molar-refractivity contribution in [2.75, 3.05) is 4.90 Å². The molecule has 1 saturated carbocycles. The van der Waals surface area contributed by atoms with E-state index in [1.165, 1.54) is 4.90 Å². The number of benzene rings is 1. The Morgan fingerprint density at radius 3 is 2.62 bits per heavy atom. The number of rotatable bonds is 2. The third-order valence-electron chi connectivity index (χ3n) is 3.62. The maximum atomic E-state index is 11.6. The minimum absolute atomic E-state index is 0.424. The molecule has 0 aliphatic heterocycles. The van der Waals surface area contributed by atoms with Gasteiger partial charge in [-0.05, 0) is 39.7 Å². The zero-order valence-electron chi connectivity index (χ0n) is 12.2. The lowest BCUT2D eigenvalue weighted by Crippen LogP contribution is -2.45. The van der Waals surface area contributed by atoms with Crippen LogP contribution in [0.5, 0.6) is 0 Å². The van der Waals surface area contributed by atoms with Crippen molar-refractivity contribution < 1.29 is 14.4 Å². The second-order valence-electron chi connectivity index (χ2n) is 6.43. The fourth-order valence-electron chi connectivity index (χ4n) is 2.58. The van der Waals surface area contributed by atoms with E-state index in [4.69, 9.17) is 16.1 Å². The third kappa shape index (κ3) is 2.46. The van der Waals surface area contributed by atoms with Crippen LogP contribution in [-0.4, -0.2) is 21.9 Å². The van der Waals surface area contributed by atoms with Gasteiger partial charge in [-0.25, -0.2) is 4.79 Å². The van der Waals surface area contributed by atoms with Crippen LogP contribution in [0.25, 0.3) is 11.0 Å². The van der Waals surface area contributed by atoms with Gasteiger partial charge in [0.15, 0.2) is 5.58 Å². The average Bonchev–Trinajstić information content (AvgIpc) is 3.07. The summed E-state index contributed by atoms with van der Waals surface area (Å²) in [6.07, 6.45) is 1.17. The van der Waals surface area contributed by atoms with Crippen LogP contribution in [0.3, 0.4) is 0 Å². The Bertz CT molecular complexity index is 714. The molecule has 0 spiro atoms. The molecule has 5 nitrogen and oxygen atoms in total. The van der Waals surface area contributed by atoms with E-state index in [0.29, 0.717) is 22.2 Å². The fraction of sp³-hybridized carbons (Fsp3) is 0.467. The third-order valence-corrected chi connectivity index (χ3v) is 3.92. The molecule has 1 amide bonds. The number of carbonyl (C=O) groups is 1. The molecule has 112 valence electrons. The Labute approximate surface area is 127 Å². The number of nitrogens with zero attached hydrogens (tertiary/aromatic N) is 2. The number of hydrogen-bond acceptors (Lipinski definition) is 3. The summed E-state index contributed by atoms with van der Waals surface area (Å²) in [5.41, 5.74) is 1.34. The molecule has 0 radical (unpaired) electrons. The summed E-state index contributed by atoms with van der Waals surface area (Å²) >= 11 is 6.36. The number of aromatic nitrogens is 1. The van der Waals surface area contributed by atoms with Gasteiger partial charge in [-0.3, -0.25) is 4.90 Å². The number of carboxylic acid groups (broad SMARTS) is 1. The van der Waals surface area contributed by atoms with Crippen molar-refractivity contribution in [2.45, 2.75) is 45.1 Å². The van der Waals surface area contributed by atoms with E-state index in [2.05, 4.69) is 5.16 Å². The first-order chi connectivity index (χ1) is 9.79. The second kappa shape index (κ2) is 4.63. The normalized spacial score (nSPS) is 15.4. The highest BCUT2D eigenvalue weighted by Gasteiger charge is 2.32. The molecule has 1 aromatic carbocycles. The number of anilines is 1. The Kier molecular flexibility index (Phi) is 3.13. The van der Waals surface area contributed by atoms with Crippen LogP contribution in [-0.2, 0) is 0 Å². The Hall–Kier alpha value is -1.75. The predicted octanol–water partition coefficient (Wildman–Crippen LogP) is 4.64. The topological polar surface area (TPSA) is 66.6 Å². The van der Waals surface area contributed by atoms with E-state index in [1.807, 2.05) is 20.8 Å². The quantitative estimate of drug-likeness (QED) is 0.877. The predicted molar refractivity (Wildman–Crippen MR) is 81.3 cm³/mol. The molecule has 1 N–H and O–H groups in total. The van der Waals surface area contributed by atoms with Crippen molar-refractivity contribution in [3.8, 4) is 0 Å². The lowest BCUT2D eigenvalue weighted by Gasteiger charge is -2.33. The number of hydrogen-bond donors (Lipinski definition) is 1. The molecule has 1 aliphatic rings. The Morgan fingerprint density at radius 2 is 2.10 bits per heavy atom. The smallest absolute Gasteiger partial charge is 0.412 e. The summed E-state index contributed by atoms with van der Waals surface area (Å²) in [6, 6.07) is 3.37. The molecule has 1 heterocycles. The summed E-state index contributed by atoms with van der Waals surface area (Å²) < 4.78 is 5.36. The van der Waals surface area contributed by atoms with Gasteiger partial charge in [0.1, 0.15) is 0 Å². The molecule has 0 unspecified atom stereocenters. The summed E-state index contributed by atoms with van der Waals surface area (Å²) in [5, 5.41) is 14.9. The zero-order valence-corrected chi connectivity index (χ0v) is 12.9. The summed E-state index contributed by atoms with van der Waals surface area (Å²) in [7, 11) is 0. The highest BCUT2D eigenvalue weighted by molar-refractivity contribution is 6.36. The maximum Gasteiger partial charge on any atom is 0.412 e. The number of halogens is 1. The molecule has 21 heavy (non-hydrogen) atoms. The number of amides is 1. The van der Waals surface area contributed by atoms with Gasteiger partial charge >= 0.3 is 6.09 Å². The van der Waals surface area contributed by atoms with Crippen LogP contribution in [0.1, 0.15) is 45.2 Å². The standard InChI is InChI=1S/C15H17ClN2O3/c1-15(2,3)18(14(19)20)9-6-10(16)12-11(7-9)21-17-13(12)8-4-5-8/h6-8H,4-5H2,1-3H3,(H,19,20). The van der Waals surface area contributed by atoms with Gasteiger partial charge in [0, 0.05) is 17.5 Å². The molecule has 2 aromatic rings. The molecule has 6 heteroatoms. The summed E-state index contributed by atoms with van der Waals surface area (Å²) in [4.78, 5) is 12.8. The van der Waals surface area contributed by atoms with Gasteiger partial charge in [0.2, 0.25) is 0 Å². The number of fused-ring (bicyclic) bond motifs is 1. The van der Waals surface area contributed by atoms with Crippen molar-refractivity contribution >= 4 is 34.4 Å². The molecule has 0 bridgehead atoms. The van der Waals surface area contributed by atoms with E-state index in [9.17, 15) is 9.90 Å². The lowest BCUT2D eigenvalue weighted by atomic mass is 10.0. The van der Waals surface area contributed by atoms with E-state index in [-0.39, 0.29) is 0 Å². The first kappa shape index (κ1) is 14.2. The molecular weight excluding hydrogens is 292 g/mol. The first-order valence-electron chi connectivity index (χ1n) is 6.91.